The van der Waals surface area contributed by atoms with Crippen molar-refractivity contribution in [1.29, 1.82) is 0 Å². The number of aryl methyl sites for hydroxylation is 2. The van der Waals surface area contributed by atoms with Crippen LogP contribution in [0.5, 0.6) is 0 Å². The van der Waals surface area contributed by atoms with Gasteiger partial charge in [0.2, 0.25) is 0 Å². The fourth-order valence-corrected chi connectivity index (χ4v) is 4.05. The van der Waals surface area contributed by atoms with Gasteiger partial charge in [0.15, 0.2) is 0 Å². The van der Waals surface area contributed by atoms with Crippen LogP contribution >= 0.6 is 0 Å². The lowest BCUT2D eigenvalue weighted by Gasteiger charge is -2.23. The summed E-state index contributed by atoms with van der Waals surface area (Å²) in [7, 11) is 0. The van der Waals surface area contributed by atoms with Gasteiger partial charge in [-0.05, 0) is 64.3 Å². The molecule has 0 saturated heterocycles. The number of hydrogen-bond donors (Lipinski definition) is 0. The molecule has 0 nitrogen and oxygen atoms in total. The molecule has 0 radical (unpaired) electrons. The molecule has 3 aromatic rings. The maximum Gasteiger partial charge on any atom is -0.00718 e. The van der Waals surface area contributed by atoms with Crippen molar-refractivity contribution >= 4 is 21.5 Å². The molecular formula is C21H22. The number of fused-ring (bicyclic) bond motifs is 5. The van der Waals surface area contributed by atoms with Crippen LogP contribution in [0, 0.1) is 6.92 Å². The Hall–Kier alpha value is -1.82. The summed E-state index contributed by atoms with van der Waals surface area (Å²) in [5.41, 5.74) is 4.91. The molecule has 0 bridgehead atoms. The van der Waals surface area contributed by atoms with Gasteiger partial charge >= 0.3 is 0 Å². The highest BCUT2D eigenvalue weighted by Gasteiger charge is 2.33. The average Bonchev–Trinajstić information content (AvgIpc) is 2.85. The summed E-state index contributed by atoms with van der Waals surface area (Å²) in [6.45, 7) is 6.93. The van der Waals surface area contributed by atoms with Gasteiger partial charge in [-0.2, -0.15) is 0 Å². The van der Waals surface area contributed by atoms with E-state index in [2.05, 4.69) is 63.2 Å². The molecule has 1 aliphatic carbocycles. The van der Waals surface area contributed by atoms with Crippen LogP contribution in [-0.2, 0) is 11.8 Å². The van der Waals surface area contributed by atoms with Crippen LogP contribution < -0.4 is 0 Å². The van der Waals surface area contributed by atoms with E-state index in [4.69, 9.17) is 0 Å². The second-order valence-corrected chi connectivity index (χ2v) is 6.89. The highest BCUT2D eigenvalue weighted by Crippen LogP contribution is 2.44. The molecule has 4 rings (SSSR count). The second kappa shape index (κ2) is 4.34. The Bertz CT molecular complexity index is 857. The fraction of sp³-hybridized carbons (Fsp3) is 0.333. The van der Waals surface area contributed by atoms with Crippen LogP contribution in [0.1, 0.15) is 43.4 Å². The third kappa shape index (κ3) is 1.75. The number of hydrogen-bond acceptors (Lipinski definition) is 0. The molecule has 0 heterocycles. The van der Waals surface area contributed by atoms with E-state index in [0.717, 1.165) is 0 Å². The van der Waals surface area contributed by atoms with Gasteiger partial charge in [0.1, 0.15) is 0 Å². The molecule has 106 valence electrons. The third-order valence-corrected chi connectivity index (χ3v) is 5.64. The highest BCUT2D eigenvalue weighted by molar-refractivity contribution is 6.09. The lowest BCUT2D eigenvalue weighted by molar-refractivity contribution is 0.453. The lowest BCUT2D eigenvalue weighted by Crippen LogP contribution is -2.16. The maximum absolute atomic E-state index is 2.43. The predicted molar refractivity (Wildman–Crippen MR) is 92.2 cm³/mol. The van der Waals surface area contributed by atoms with E-state index in [1.54, 1.807) is 11.1 Å². The third-order valence-electron chi connectivity index (χ3n) is 5.64. The van der Waals surface area contributed by atoms with Gasteiger partial charge in [0, 0.05) is 0 Å². The smallest absolute Gasteiger partial charge is 0.00718 e. The molecule has 0 spiro atoms. The minimum absolute atomic E-state index is 0.380. The SMILES string of the molecule is CC[C@]1(C)CCc2c1ccc1c2ccc2ccc(C)cc21. The van der Waals surface area contributed by atoms with E-state index in [-0.39, 0.29) is 0 Å². The van der Waals surface area contributed by atoms with Crippen LogP contribution in [-0.4, -0.2) is 0 Å². The molecule has 1 atom stereocenters. The highest BCUT2D eigenvalue weighted by atomic mass is 14.4. The summed E-state index contributed by atoms with van der Waals surface area (Å²) >= 11 is 0. The van der Waals surface area contributed by atoms with Crippen molar-refractivity contribution < 1.29 is 0 Å². The van der Waals surface area contributed by atoms with E-state index in [1.165, 1.54) is 46.4 Å². The summed E-state index contributed by atoms with van der Waals surface area (Å²) < 4.78 is 0. The summed E-state index contributed by atoms with van der Waals surface area (Å²) in [5.74, 6) is 0. The lowest BCUT2D eigenvalue weighted by atomic mass is 9.81. The van der Waals surface area contributed by atoms with E-state index in [1.807, 2.05) is 0 Å². The topological polar surface area (TPSA) is 0 Å². The Morgan fingerprint density at radius 2 is 1.71 bits per heavy atom. The molecule has 1 aliphatic rings. The first kappa shape index (κ1) is 12.9. The molecule has 21 heavy (non-hydrogen) atoms. The molecular weight excluding hydrogens is 252 g/mol. The van der Waals surface area contributed by atoms with Gasteiger partial charge in [0.25, 0.3) is 0 Å². The van der Waals surface area contributed by atoms with Gasteiger partial charge < -0.3 is 0 Å². The molecule has 3 aromatic carbocycles. The first-order valence-corrected chi connectivity index (χ1v) is 8.08. The normalized spacial score (nSPS) is 21.1. The minimum Gasteiger partial charge on any atom is -0.0645 e. The number of rotatable bonds is 1. The van der Waals surface area contributed by atoms with E-state index >= 15 is 0 Å². The minimum atomic E-state index is 0.380. The standard InChI is InChI=1S/C21H22/c1-4-21(3)12-11-18-16-8-7-15-6-5-14(2)13-19(15)17(16)9-10-20(18)21/h5-10,13H,4,11-12H2,1-3H3/t21-/m1/s1. The molecule has 0 unspecified atom stereocenters. The summed E-state index contributed by atoms with van der Waals surface area (Å²) in [6.07, 6.45) is 3.76. The first-order chi connectivity index (χ1) is 10.1. The zero-order chi connectivity index (χ0) is 14.6. The Morgan fingerprint density at radius 1 is 0.952 bits per heavy atom. The molecule has 0 fully saturated rings. The molecule has 0 N–H and O–H groups in total. The van der Waals surface area contributed by atoms with E-state index in [0.29, 0.717) is 5.41 Å². The van der Waals surface area contributed by atoms with Crippen molar-refractivity contribution in [3.05, 3.63) is 59.2 Å². The van der Waals surface area contributed by atoms with Crippen LogP contribution in [0.15, 0.2) is 42.5 Å². The molecule has 0 aliphatic heterocycles. The molecule has 0 saturated carbocycles. The van der Waals surface area contributed by atoms with Crippen molar-refractivity contribution in [2.24, 2.45) is 0 Å². The average molecular weight is 274 g/mol. The van der Waals surface area contributed by atoms with Crippen molar-refractivity contribution in [2.45, 2.75) is 45.4 Å². The van der Waals surface area contributed by atoms with Crippen LogP contribution in [0.3, 0.4) is 0 Å². The number of benzene rings is 3. The predicted octanol–water partition coefficient (Wildman–Crippen LogP) is 5.92. The van der Waals surface area contributed by atoms with E-state index < -0.39 is 0 Å². The van der Waals surface area contributed by atoms with Gasteiger partial charge in [-0.25, -0.2) is 0 Å². The van der Waals surface area contributed by atoms with Gasteiger partial charge in [-0.3, -0.25) is 0 Å². The van der Waals surface area contributed by atoms with Gasteiger partial charge in [-0.1, -0.05) is 61.9 Å². The Balaban J connectivity index is 2.09. The molecule has 0 aromatic heterocycles. The molecule has 0 heteroatoms. The van der Waals surface area contributed by atoms with Crippen LogP contribution in [0.25, 0.3) is 21.5 Å². The van der Waals surface area contributed by atoms with E-state index in [9.17, 15) is 0 Å². The van der Waals surface area contributed by atoms with Crippen LogP contribution in [0.2, 0.25) is 0 Å². The fourth-order valence-electron chi connectivity index (χ4n) is 4.05. The van der Waals surface area contributed by atoms with Crippen molar-refractivity contribution in [3.8, 4) is 0 Å². The molecule has 0 amide bonds. The van der Waals surface area contributed by atoms with Crippen molar-refractivity contribution in [1.82, 2.24) is 0 Å². The van der Waals surface area contributed by atoms with Gasteiger partial charge in [0.05, 0.1) is 0 Å². The first-order valence-electron chi connectivity index (χ1n) is 8.08. The van der Waals surface area contributed by atoms with Gasteiger partial charge in [-0.15, -0.1) is 0 Å². The Morgan fingerprint density at radius 3 is 2.52 bits per heavy atom. The summed E-state index contributed by atoms with van der Waals surface area (Å²) in [6, 6.07) is 16.2. The maximum atomic E-state index is 2.43. The van der Waals surface area contributed by atoms with Crippen molar-refractivity contribution in [2.75, 3.05) is 0 Å². The Labute approximate surface area is 126 Å². The zero-order valence-corrected chi connectivity index (χ0v) is 13.2. The summed E-state index contributed by atoms with van der Waals surface area (Å²) in [4.78, 5) is 0. The Kier molecular flexibility index (Phi) is 2.66. The monoisotopic (exact) mass is 274 g/mol. The summed E-state index contributed by atoms with van der Waals surface area (Å²) in [5, 5.41) is 5.66. The largest absolute Gasteiger partial charge is 0.0645 e. The quantitative estimate of drug-likeness (QED) is 0.483. The van der Waals surface area contributed by atoms with Crippen molar-refractivity contribution in [3.63, 3.8) is 0 Å². The second-order valence-electron chi connectivity index (χ2n) is 6.89. The zero-order valence-electron chi connectivity index (χ0n) is 13.2. The van der Waals surface area contributed by atoms with Crippen LogP contribution in [0.4, 0.5) is 0 Å².